The summed E-state index contributed by atoms with van der Waals surface area (Å²) < 4.78 is 9.03. The van der Waals surface area contributed by atoms with Gasteiger partial charge in [-0.25, -0.2) is 4.98 Å². The summed E-state index contributed by atoms with van der Waals surface area (Å²) in [4.78, 5) is 9.69. The van der Waals surface area contributed by atoms with Crippen molar-refractivity contribution in [2.45, 2.75) is 52.3 Å². The molecule has 1 aromatic carbocycles. The number of piperazine rings is 1. The minimum Gasteiger partial charge on any atom is -0.365 e. The van der Waals surface area contributed by atoms with Crippen molar-refractivity contribution >= 4 is 59.0 Å². The van der Waals surface area contributed by atoms with Crippen molar-refractivity contribution in [2.24, 2.45) is 0 Å². The Hall–Kier alpha value is -0.353. The number of hydrogen-bond donors (Lipinski definition) is 0. The maximum atomic E-state index is 6.74. The van der Waals surface area contributed by atoms with Gasteiger partial charge in [-0.15, -0.1) is 0 Å². The van der Waals surface area contributed by atoms with Gasteiger partial charge in [-0.3, -0.25) is 9.47 Å². The predicted molar refractivity (Wildman–Crippen MR) is 130 cm³/mol. The molecule has 28 heavy (non-hydrogen) atoms. The lowest BCUT2D eigenvalue weighted by Crippen LogP contribution is -2.51. The van der Waals surface area contributed by atoms with Crippen molar-refractivity contribution in [3.8, 4) is 0 Å². The third-order valence-electron chi connectivity index (χ3n) is 5.46. The smallest absolute Gasteiger partial charge is 0.174 e. The van der Waals surface area contributed by atoms with E-state index in [0.717, 1.165) is 58.4 Å². The minimum absolute atomic E-state index is 0.440. The van der Waals surface area contributed by atoms with Crippen molar-refractivity contribution in [1.82, 2.24) is 14.5 Å². The van der Waals surface area contributed by atoms with Gasteiger partial charge in [0.2, 0.25) is 0 Å². The minimum atomic E-state index is -1.08. The van der Waals surface area contributed by atoms with Crippen LogP contribution < -0.4 is 4.90 Å². The number of aromatic nitrogens is 2. The normalized spacial score (nSPS) is 19.0. The Labute approximate surface area is 188 Å². The second-order valence-corrected chi connectivity index (χ2v) is 15.9. The maximum absolute atomic E-state index is 6.74. The average Bonchev–Trinajstić information content (AvgIpc) is 2.92. The standard InChI is InChI=1S/C20H32ClIN4OSi/c1-6-24-7-8-25(15(2)13-24)18-12-17-19(11-16(18)21)26(20(22)23-17)14-27-9-10-28(3,4)5/h11-12,15H,6-10,13-14H2,1-5H3. The van der Waals surface area contributed by atoms with Crippen LogP contribution in [0.3, 0.4) is 0 Å². The van der Waals surface area contributed by atoms with Gasteiger partial charge in [0, 0.05) is 62.9 Å². The van der Waals surface area contributed by atoms with Gasteiger partial charge in [-0.05, 0) is 31.6 Å². The van der Waals surface area contributed by atoms with Gasteiger partial charge in [0.05, 0.1) is 21.7 Å². The average molecular weight is 535 g/mol. The molecule has 0 saturated carbocycles. The molecule has 1 aromatic heterocycles. The van der Waals surface area contributed by atoms with Crippen LogP contribution in [-0.4, -0.2) is 61.4 Å². The molecule has 156 valence electrons. The summed E-state index contributed by atoms with van der Waals surface area (Å²) in [6, 6.07) is 5.82. The second-order valence-electron chi connectivity index (χ2n) is 8.88. The lowest BCUT2D eigenvalue weighted by atomic mass is 10.1. The molecule has 1 fully saturated rings. The van der Waals surface area contributed by atoms with Crippen LogP contribution >= 0.6 is 34.2 Å². The summed E-state index contributed by atoms with van der Waals surface area (Å²) in [7, 11) is -1.08. The Morgan fingerprint density at radius 2 is 2.04 bits per heavy atom. The van der Waals surface area contributed by atoms with Crippen LogP contribution in [0.1, 0.15) is 13.8 Å². The molecule has 1 atom stereocenters. The maximum Gasteiger partial charge on any atom is 0.174 e. The van der Waals surface area contributed by atoms with Gasteiger partial charge in [-0.2, -0.15) is 0 Å². The monoisotopic (exact) mass is 534 g/mol. The number of ether oxygens (including phenoxy) is 1. The zero-order chi connectivity index (χ0) is 20.5. The highest BCUT2D eigenvalue weighted by molar-refractivity contribution is 14.1. The molecule has 1 saturated heterocycles. The SMILES string of the molecule is CCN1CCN(c2cc3nc(I)n(COCC[Si](C)(C)C)c3cc2Cl)C(C)C1. The van der Waals surface area contributed by atoms with Crippen LogP contribution in [-0.2, 0) is 11.5 Å². The number of anilines is 1. The van der Waals surface area contributed by atoms with E-state index in [4.69, 9.17) is 21.3 Å². The van der Waals surface area contributed by atoms with Crippen molar-refractivity contribution < 1.29 is 4.74 Å². The topological polar surface area (TPSA) is 33.5 Å². The van der Waals surface area contributed by atoms with Gasteiger partial charge in [-0.1, -0.05) is 38.2 Å². The van der Waals surface area contributed by atoms with E-state index >= 15 is 0 Å². The van der Waals surface area contributed by atoms with Crippen LogP contribution in [0, 0.1) is 3.83 Å². The summed E-state index contributed by atoms with van der Waals surface area (Å²) in [5.74, 6) is 0. The Balaban J connectivity index is 1.79. The van der Waals surface area contributed by atoms with E-state index in [2.05, 4.69) is 82.6 Å². The number of halogens is 2. The van der Waals surface area contributed by atoms with Crippen molar-refractivity contribution in [1.29, 1.82) is 0 Å². The van der Waals surface area contributed by atoms with E-state index in [0.29, 0.717) is 12.8 Å². The first-order chi connectivity index (χ1) is 13.2. The van der Waals surface area contributed by atoms with Crippen molar-refractivity contribution in [3.63, 3.8) is 0 Å². The number of nitrogens with zero attached hydrogens (tertiary/aromatic N) is 4. The number of likely N-dealkylation sites (N-methyl/N-ethyl adjacent to an activating group) is 1. The summed E-state index contributed by atoms with van der Waals surface area (Å²) in [5, 5.41) is 0.795. The molecule has 2 aromatic rings. The Kier molecular flexibility index (Phi) is 7.34. The molecule has 2 heterocycles. The quantitative estimate of drug-likeness (QED) is 0.280. The Morgan fingerprint density at radius 3 is 2.68 bits per heavy atom. The van der Waals surface area contributed by atoms with Gasteiger partial charge in [0.1, 0.15) is 6.73 Å². The van der Waals surface area contributed by atoms with Crippen LogP contribution in [0.15, 0.2) is 12.1 Å². The molecule has 5 nitrogen and oxygen atoms in total. The largest absolute Gasteiger partial charge is 0.365 e. The Morgan fingerprint density at radius 1 is 1.29 bits per heavy atom. The number of imidazole rings is 1. The van der Waals surface area contributed by atoms with Gasteiger partial charge < -0.3 is 9.64 Å². The predicted octanol–water partition coefficient (Wildman–Crippen LogP) is 5.14. The Bertz CT molecular complexity index is 823. The molecule has 0 bridgehead atoms. The molecule has 0 radical (unpaired) electrons. The van der Waals surface area contributed by atoms with E-state index in [-0.39, 0.29) is 0 Å². The fraction of sp³-hybridized carbons (Fsp3) is 0.650. The summed E-state index contributed by atoms with van der Waals surface area (Å²) >= 11 is 9.03. The molecular formula is C20H32ClIN4OSi. The molecule has 0 amide bonds. The summed E-state index contributed by atoms with van der Waals surface area (Å²) in [6.45, 7) is 17.2. The van der Waals surface area contributed by atoms with Gasteiger partial charge in [0.15, 0.2) is 3.83 Å². The molecule has 8 heteroatoms. The molecule has 1 aliphatic rings. The first-order valence-electron chi connectivity index (χ1n) is 10.1. The molecular weight excluding hydrogens is 503 g/mol. The van der Waals surface area contributed by atoms with Crippen LogP contribution in [0.25, 0.3) is 11.0 Å². The number of benzene rings is 1. The molecule has 0 spiro atoms. The second kappa shape index (κ2) is 9.20. The zero-order valence-electron chi connectivity index (χ0n) is 17.6. The highest BCUT2D eigenvalue weighted by Gasteiger charge is 2.25. The number of hydrogen-bond acceptors (Lipinski definition) is 4. The third kappa shape index (κ3) is 5.22. The number of fused-ring (bicyclic) bond motifs is 1. The first-order valence-corrected chi connectivity index (χ1v) is 15.3. The first kappa shape index (κ1) is 22.3. The van der Waals surface area contributed by atoms with E-state index < -0.39 is 8.07 Å². The fourth-order valence-electron chi connectivity index (χ4n) is 3.66. The molecule has 1 aliphatic heterocycles. The van der Waals surface area contributed by atoms with E-state index in [1.165, 1.54) is 6.04 Å². The summed E-state index contributed by atoms with van der Waals surface area (Å²) in [6.07, 6.45) is 0. The highest BCUT2D eigenvalue weighted by Crippen LogP contribution is 2.34. The van der Waals surface area contributed by atoms with Crippen LogP contribution in [0.2, 0.25) is 30.7 Å². The van der Waals surface area contributed by atoms with Crippen LogP contribution in [0.5, 0.6) is 0 Å². The van der Waals surface area contributed by atoms with Gasteiger partial charge in [0.25, 0.3) is 0 Å². The third-order valence-corrected chi connectivity index (χ3v) is 8.29. The highest BCUT2D eigenvalue weighted by atomic mass is 127. The lowest BCUT2D eigenvalue weighted by Gasteiger charge is -2.41. The van der Waals surface area contributed by atoms with Gasteiger partial charge >= 0.3 is 0 Å². The summed E-state index contributed by atoms with van der Waals surface area (Å²) in [5.41, 5.74) is 3.13. The fourth-order valence-corrected chi connectivity index (χ4v) is 5.34. The zero-order valence-corrected chi connectivity index (χ0v) is 21.5. The molecule has 0 aliphatic carbocycles. The number of rotatable bonds is 7. The lowest BCUT2D eigenvalue weighted by molar-refractivity contribution is 0.0881. The van der Waals surface area contributed by atoms with E-state index in [9.17, 15) is 0 Å². The molecule has 3 rings (SSSR count). The van der Waals surface area contributed by atoms with Crippen molar-refractivity contribution in [3.05, 3.63) is 21.0 Å². The van der Waals surface area contributed by atoms with E-state index in [1.54, 1.807) is 0 Å². The molecule has 1 unspecified atom stereocenters. The van der Waals surface area contributed by atoms with E-state index in [1.807, 2.05) is 0 Å². The molecule has 0 N–H and O–H groups in total. The van der Waals surface area contributed by atoms with Crippen LogP contribution in [0.4, 0.5) is 5.69 Å². The van der Waals surface area contributed by atoms with Crippen molar-refractivity contribution in [2.75, 3.05) is 37.7 Å².